The third-order valence-electron chi connectivity index (χ3n) is 1.87. The Hall–Kier alpha value is -1.35. The number of hydrogen-bond acceptors (Lipinski definition) is 2. The Bertz CT molecular complexity index is 283. The molecule has 0 aliphatic rings. The molecule has 1 aromatic carbocycles. The van der Waals surface area contributed by atoms with Gasteiger partial charge in [0.05, 0.1) is 0 Å². The van der Waals surface area contributed by atoms with E-state index in [9.17, 15) is 4.79 Å². The first-order valence-electron chi connectivity index (χ1n) is 5.14. The molecule has 1 amide bonds. The average Bonchev–Trinajstić information content (AvgIpc) is 2.31. The van der Waals surface area contributed by atoms with Crippen LogP contribution in [0.5, 0.6) is 0 Å². The molecule has 3 nitrogen and oxygen atoms in total. The highest BCUT2D eigenvalue weighted by molar-refractivity contribution is 5.82. The summed E-state index contributed by atoms with van der Waals surface area (Å²) in [6.45, 7) is 4.00. The number of carbonyl (C=O) groups is 1. The van der Waals surface area contributed by atoms with E-state index >= 15 is 0 Å². The molecule has 1 rings (SSSR count). The first-order chi connectivity index (χ1) is 7.13. The fraction of sp³-hybridized carbons (Fsp3) is 0.417. The summed E-state index contributed by atoms with van der Waals surface area (Å²) in [5, 5.41) is 0. The predicted molar refractivity (Wildman–Crippen MR) is 63.4 cm³/mol. The number of nitrogens with two attached hydrogens (primary N) is 1. The first kappa shape index (κ1) is 13.7. The van der Waals surface area contributed by atoms with Crippen molar-refractivity contribution in [1.29, 1.82) is 0 Å². The van der Waals surface area contributed by atoms with Crippen LogP contribution in [-0.4, -0.2) is 24.9 Å². The van der Waals surface area contributed by atoms with Crippen molar-refractivity contribution in [3.05, 3.63) is 35.9 Å². The van der Waals surface area contributed by atoms with Crippen molar-refractivity contribution in [2.24, 2.45) is 5.73 Å². The Morgan fingerprint density at radius 3 is 2.07 bits per heavy atom. The highest BCUT2D eigenvalue weighted by Crippen LogP contribution is 2.10. The van der Waals surface area contributed by atoms with Crippen molar-refractivity contribution >= 4 is 5.91 Å². The van der Waals surface area contributed by atoms with Crippen molar-refractivity contribution in [1.82, 2.24) is 4.90 Å². The number of carbonyl (C=O) groups excluding carboxylic acids is 1. The molecule has 84 valence electrons. The fourth-order valence-corrected chi connectivity index (χ4v) is 1.08. The van der Waals surface area contributed by atoms with E-state index in [1.807, 2.05) is 44.2 Å². The van der Waals surface area contributed by atoms with Crippen LogP contribution >= 0.6 is 0 Å². The van der Waals surface area contributed by atoms with Gasteiger partial charge in [0.1, 0.15) is 6.04 Å². The van der Waals surface area contributed by atoms with Gasteiger partial charge in [0.15, 0.2) is 0 Å². The van der Waals surface area contributed by atoms with Crippen LogP contribution in [0.1, 0.15) is 25.5 Å². The minimum Gasteiger partial charge on any atom is -0.347 e. The van der Waals surface area contributed by atoms with E-state index in [1.54, 1.807) is 14.1 Å². The summed E-state index contributed by atoms with van der Waals surface area (Å²) >= 11 is 0. The Kier molecular flexibility index (Phi) is 6.38. The van der Waals surface area contributed by atoms with Crippen molar-refractivity contribution in [2.45, 2.75) is 19.9 Å². The number of likely N-dealkylation sites (N-methyl/N-ethyl adjacent to an activating group) is 1. The number of hydrogen-bond donors (Lipinski definition) is 1. The van der Waals surface area contributed by atoms with E-state index in [2.05, 4.69) is 0 Å². The molecule has 0 saturated carbocycles. The lowest BCUT2D eigenvalue weighted by Crippen LogP contribution is -2.33. The molecule has 0 aliphatic heterocycles. The molecule has 1 aromatic rings. The number of benzene rings is 1. The van der Waals surface area contributed by atoms with Crippen LogP contribution < -0.4 is 5.73 Å². The zero-order valence-corrected chi connectivity index (χ0v) is 9.90. The molecule has 1 unspecified atom stereocenters. The van der Waals surface area contributed by atoms with E-state index < -0.39 is 6.04 Å². The van der Waals surface area contributed by atoms with Crippen LogP contribution in [-0.2, 0) is 4.79 Å². The SMILES string of the molecule is CC.CN(C)C(=O)C(N)c1ccccc1. The topological polar surface area (TPSA) is 46.3 Å². The number of nitrogens with zero attached hydrogens (tertiary/aromatic N) is 1. The lowest BCUT2D eigenvalue weighted by atomic mass is 10.1. The maximum Gasteiger partial charge on any atom is 0.243 e. The largest absolute Gasteiger partial charge is 0.347 e. The average molecular weight is 208 g/mol. The molecular formula is C12H20N2O. The second kappa shape index (κ2) is 7.01. The second-order valence-electron chi connectivity index (χ2n) is 3.12. The van der Waals surface area contributed by atoms with Gasteiger partial charge in [-0.3, -0.25) is 4.79 Å². The van der Waals surface area contributed by atoms with Gasteiger partial charge < -0.3 is 10.6 Å². The third kappa shape index (κ3) is 4.13. The molecular weight excluding hydrogens is 188 g/mol. The Labute approximate surface area is 91.9 Å². The van der Waals surface area contributed by atoms with E-state index in [4.69, 9.17) is 5.73 Å². The van der Waals surface area contributed by atoms with Gasteiger partial charge in [-0.1, -0.05) is 44.2 Å². The maximum atomic E-state index is 11.4. The lowest BCUT2D eigenvalue weighted by Gasteiger charge is -2.16. The van der Waals surface area contributed by atoms with Gasteiger partial charge in [0, 0.05) is 14.1 Å². The van der Waals surface area contributed by atoms with Crippen molar-refractivity contribution in [3.8, 4) is 0 Å². The molecule has 0 radical (unpaired) electrons. The molecule has 15 heavy (non-hydrogen) atoms. The molecule has 3 heteroatoms. The molecule has 0 heterocycles. The van der Waals surface area contributed by atoms with Crippen LogP contribution in [0.4, 0.5) is 0 Å². The highest BCUT2D eigenvalue weighted by Gasteiger charge is 2.16. The van der Waals surface area contributed by atoms with E-state index in [0.717, 1.165) is 5.56 Å². The Morgan fingerprint density at radius 2 is 1.67 bits per heavy atom. The summed E-state index contributed by atoms with van der Waals surface area (Å²) in [4.78, 5) is 12.9. The zero-order chi connectivity index (χ0) is 11.8. The van der Waals surface area contributed by atoms with Crippen LogP contribution in [0.2, 0.25) is 0 Å². The Balaban J connectivity index is 0.000000921. The van der Waals surface area contributed by atoms with Crippen molar-refractivity contribution in [3.63, 3.8) is 0 Å². The smallest absolute Gasteiger partial charge is 0.243 e. The van der Waals surface area contributed by atoms with Crippen LogP contribution in [0.3, 0.4) is 0 Å². The standard InChI is InChI=1S/C10H14N2O.C2H6/c1-12(2)10(13)9(11)8-6-4-3-5-7-8;1-2/h3-7,9H,11H2,1-2H3;1-2H3. The molecule has 0 fully saturated rings. The molecule has 0 bridgehead atoms. The third-order valence-corrected chi connectivity index (χ3v) is 1.87. The van der Waals surface area contributed by atoms with Gasteiger partial charge in [0.2, 0.25) is 5.91 Å². The van der Waals surface area contributed by atoms with E-state index in [-0.39, 0.29) is 5.91 Å². The molecule has 0 spiro atoms. The van der Waals surface area contributed by atoms with Gasteiger partial charge >= 0.3 is 0 Å². The predicted octanol–water partition coefficient (Wildman–Crippen LogP) is 1.80. The van der Waals surface area contributed by atoms with Gasteiger partial charge in [-0.05, 0) is 5.56 Å². The summed E-state index contributed by atoms with van der Waals surface area (Å²) < 4.78 is 0. The summed E-state index contributed by atoms with van der Waals surface area (Å²) in [7, 11) is 3.40. The summed E-state index contributed by atoms with van der Waals surface area (Å²) in [6, 6.07) is 8.81. The summed E-state index contributed by atoms with van der Waals surface area (Å²) in [6.07, 6.45) is 0. The number of amides is 1. The van der Waals surface area contributed by atoms with Crippen molar-refractivity contribution in [2.75, 3.05) is 14.1 Å². The molecule has 2 N–H and O–H groups in total. The summed E-state index contributed by atoms with van der Waals surface area (Å²) in [5.74, 6) is -0.0776. The van der Waals surface area contributed by atoms with Gasteiger partial charge in [-0.25, -0.2) is 0 Å². The molecule has 1 atom stereocenters. The maximum absolute atomic E-state index is 11.4. The Morgan fingerprint density at radius 1 is 1.20 bits per heavy atom. The minimum atomic E-state index is -0.545. The molecule has 0 saturated heterocycles. The zero-order valence-electron chi connectivity index (χ0n) is 9.90. The summed E-state index contributed by atoms with van der Waals surface area (Å²) in [5.41, 5.74) is 6.60. The number of rotatable bonds is 2. The van der Waals surface area contributed by atoms with Crippen molar-refractivity contribution < 1.29 is 4.79 Å². The lowest BCUT2D eigenvalue weighted by molar-refractivity contribution is -0.130. The fourth-order valence-electron chi connectivity index (χ4n) is 1.08. The minimum absolute atomic E-state index is 0.0776. The first-order valence-corrected chi connectivity index (χ1v) is 5.14. The highest BCUT2D eigenvalue weighted by atomic mass is 16.2. The van der Waals surface area contributed by atoms with Crippen LogP contribution in [0.15, 0.2) is 30.3 Å². The molecule has 0 aromatic heterocycles. The molecule has 0 aliphatic carbocycles. The normalized spacial score (nSPS) is 11.0. The van der Waals surface area contributed by atoms with Gasteiger partial charge in [-0.15, -0.1) is 0 Å². The van der Waals surface area contributed by atoms with Gasteiger partial charge in [0.25, 0.3) is 0 Å². The van der Waals surface area contributed by atoms with E-state index in [1.165, 1.54) is 4.90 Å². The van der Waals surface area contributed by atoms with Crippen LogP contribution in [0.25, 0.3) is 0 Å². The quantitative estimate of drug-likeness (QED) is 0.805. The second-order valence-corrected chi connectivity index (χ2v) is 3.12. The monoisotopic (exact) mass is 208 g/mol. The van der Waals surface area contributed by atoms with Crippen LogP contribution in [0, 0.1) is 0 Å². The van der Waals surface area contributed by atoms with E-state index in [0.29, 0.717) is 0 Å². The van der Waals surface area contributed by atoms with Gasteiger partial charge in [-0.2, -0.15) is 0 Å².